The third-order valence-corrected chi connectivity index (χ3v) is 6.49. The van der Waals surface area contributed by atoms with E-state index in [4.69, 9.17) is 16.3 Å². The Bertz CT molecular complexity index is 793. The van der Waals surface area contributed by atoms with E-state index in [2.05, 4.69) is 52.1 Å². The van der Waals surface area contributed by atoms with Gasteiger partial charge in [0.05, 0.1) is 10.7 Å². The van der Waals surface area contributed by atoms with Gasteiger partial charge in [-0.15, -0.1) is 0 Å². The molecule has 0 bridgehead atoms. The van der Waals surface area contributed by atoms with E-state index in [1.54, 1.807) is 17.5 Å². The SMILES string of the molecule is C[Si](C)(C)CCOCn1c(-c2ccsc2)cc2c(Cl)ccnc21. The van der Waals surface area contributed by atoms with Crippen LogP contribution in [0.15, 0.2) is 35.2 Å². The fourth-order valence-electron chi connectivity index (χ4n) is 2.43. The van der Waals surface area contributed by atoms with Gasteiger partial charge in [0.2, 0.25) is 0 Å². The first-order valence-corrected chi connectivity index (χ1v) is 12.7. The number of aromatic nitrogens is 2. The van der Waals surface area contributed by atoms with Gasteiger partial charge in [-0.05, 0) is 29.6 Å². The van der Waals surface area contributed by atoms with E-state index < -0.39 is 8.07 Å². The van der Waals surface area contributed by atoms with Crippen molar-refractivity contribution in [3.63, 3.8) is 0 Å². The molecule has 3 rings (SSSR count). The number of hydrogen-bond donors (Lipinski definition) is 0. The van der Waals surface area contributed by atoms with Gasteiger partial charge < -0.3 is 9.30 Å². The number of ether oxygens (including phenoxy) is 1. The first kappa shape index (κ1) is 16.7. The van der Waals surface area contributed by atoms with Gasteiger partial charge in [0, 0.05) is 37.2 Å². The second-order valence-electron chi connectivity index (χ2n) is 6.85. The van der Waals surface area contributed by atoms with E-state index in [0.717, 1.165) is 34.4 Å². The summed E-state index contributed by atoms with van der Waals surface area (Å²) in [5.41, 5.74) is 3.17. The standard InChI is InChI=1S/C17H21ClN2OSSi/c1-23(2,3)9-7-21-12-20-16(13-5-8-22-11-13)10-14-15(18)4-6-19-17(14)20/h4-6,8,10-11H,7,9,12H2,1-3H3. The highest BCUT2D eigenvalue weighted by atomic mass is 35.5. The van der Waals surface area contributed by atoms with Crippen molar-refractivity contribution in [2.75, 3.05) is 6.61 Å². The third-order valence-electron chi connectivity index (χ3n) is 3.78. The molecule has 0 atom stereocenters. The fourth-order valence-corrected chi connectivity index (χ4v) is 4.03. The predicted molar refractivity (Wildman–Crippen MR) is 102 cm³/mol. The van der Waals surface area contributed by atoms with E-state index in [9.17, 15) is 0 Å². The number of thiophene rings is 1. The van der Waals surface area contributed by atoms with Crippen molar-refractivity contribution in [1.29, 1.82) is 0 Å². The first-order chi connectivity index (χ1) is 11.0. The maximum absolute atomic E-state index is 6.34. The summed E-state index contributed by atoms with van der Waals surface area (Å²) in [4.78, 5) is 4.51. The lowest BCUT2D eigenvalue weighted by atomic mass is 10.2. The number of hydrogen-bond acceptors (Lipinski definition) is 3. The topological polar surface area (TPSA) is 27.1 Å². The van der Waals surface area contributed by atoms with E-state index >= 15 is 0 Å². The van der Waals surface area contributed by atoms with E-state index in [-0.39, 0.29) is 0 Å². The number of halogens is 1. The Morgan fingerprint density at radius 3 is 2.83 bits per heavy atom. The minimum atomic E-state index is -1.08. The maximum atomic E-state index is 6.34. The predicted octanol–water partition coefficient (Wildman–Crippen LogP) is 5.73. The zero-order valence-corrected chi connectivity index (χ0v) is 16.2. The highest BCUT2D eigenvalue weighted by molar-refractivity contribution is 7.08. The average Bonchev–Trinajstić information content (AvgIpc) is 3.11. The summed E-state index contributed by atoms with van der Waals surface area (Å²) in [6, 6.07) is 7.21. The number of rotatable bonds is 6. The number of pyridine rings is 1. The van der Waals surface area contributed by atoms with Gasteiger partial charge in [-0.25, -0.2) is 4.98 Å². The summed E-state index contributed by atoms with van der Waals surface area (Å²) in [6.07, 6.45) is 1.75. The highest BCUT2D eigenvalue weighted by Gasteiger charge is 2.15. The Hall–Kier alpha value is -1.14. The van der Waals surface area contributed by atoms with Crippen LogP contribution in [0, 0.1) is 0 Å². The van der Waals surface area contributed by atoms with Crippen LogP contribution >= 0.6 is 22.9 Å². The van der Waals surface area contributed by atoms with Crippen LogP contribution < -0.4 is 0 Å². The molecular weight excluding hydrogens is 344 g/mol. The Morgan fingerprint density at radius 1 is 1.30 bits per heavy atom. The number of fused-ring (bicyclic) bond motifs is 1. The first-order valence-electron chi connectivity index (χ1n) is 7.70. The van der Waals surface area contributed by atoms with Gasteiger partial charge in [-0.1, -0.05) is 31.2 Å². The van der Waals surface area contributed by atoms with Gasteiger partial charge in [-0.3, -0.25) is 0 Å². The Labute approximate surface area is 146 Å². The summed E-state index contributed by atoms with van der Waals surface area (Å²) < 4.78 is 8.08. The van der Waals surface area contributed by atoms with Crippen LogP contribution in [0.2, 0.25) is 30.7 Å². The van der Waals surface area contributed by atoms with Crippen LogP contribution in [-0.2, 0) is 11.5 Å². The van der Waals surface area contributed by atoms with Crippen molar-refractivity contribution < 1.29 is 4.74 Å². The van der Waals surface area contributed by atoms with Crippen molar-refractivity contribution >= 4 is 42.0 Å². The summed E-state index contributed by atoms with van der Waals surface area (Å²) >= 11 is 8.03. The van der Waals surface area contributed by atoms with Crippen molar-refractivity contribution in [2.24, 2.45) is 0 Å². The molecule has 0 amide bonds. The molecule has 6 heteroatoms. The second-order valence-corrected chi connectivity index (χ2v) is 13.7. The Morgan fingerprint density at radius 2 is 2.13 bits per heavy atom. The number of nitrogens with zero attached hydrogens (tertiary/aromatic N) is 2. The van der Waals surface area contributed by atoms with Crippen molar-refractivity contribution in [3.05, 3.63) is 40.2 Å². The second kappa shape index (κ2) is 6.77. The molecule has 122 valence electrons. The van der Waals surface area contributed by atoms with Crippen molar-refractivity contribution in [2.45, 2.75) is 32.4 Å². The molecule has 3 heterocycles. The molecule has 0 aliphatic heterocycles. The molecular formula is C17H21ClN2OSSi. The quantitative estimate of drug-likeness (QED) is 0.412. The highest BCUT2D eigenvalue weighted by Crippen LogP contribution is 2.32. The van der Waals surface area contributed by atoms with Crippen LogP contribution in [-0.4, -0.2) is 24.2 Å². The lowest BCUT2D eigenvalue weighted by molar-refractivity contribution is 0.0909. The summed E-state index contributed by atoms with van der Waals surface area (Å²) in [6.45, 7) is 8.38. The summed E-state index contributed by atoms with van der Waals surface area (Å²) in [7, 11) is -1.08. The van der Waals surface area contributed by atoms with Gasteiger partial charge in [-0.2, -0.15) is 11.3 Å². The van der Waals surface area contributed by atoms with Gasteiger partial charge in [0.25, 0.3) is 0 Å². The Kier molecular flexibility index (Phi) is 4.92. The Balaban J connectivity index is 1.91. The summed E-state index contributed by atoms with van der Waals surface area (Å²) in [5, 5.41) is 5.93. The zero-order chi connectivity index (χ0) is 16.4. The minimum Gasteiger partial charge on any atom is -0.361 e. The normalized spacial score (nSPS) is 12.2. The third kappa shape index (κ3) is 3.86. The largest absolute Gasteiger partial charge is 0.361 e. The molecule has 23 heavy (non-hydrogen) atoms. The van der Waals surface area contributed by atoms with Crippen LogP contribution in [0.3, 0.4) is 0 Å². The molecule has 0 aromatic carbocycles. The monoisotopic (exact) mass is 364 g/mol. The fraction of sp³-hybridized carbons (Fsp3) is 0.353. The van der Waals surface area contributed by atoms with Crippen LogP contribution in [0.1, 0.15) is 0 Å². The van der Waals surface area contributed by atoms with Gasteiger partial charge >= 0.3 is 0 Å². The molecule has 0 unspecified atom stereocenters. The molecule has 0 aliphatic carbocycles. The molecule has 0 aliphatic rings. The van der Waals surface area contributed by atoms with Crippen LogP contribution in [0.4, 0.5) is 0 Å². The van der Waals surface area contributed by atoms with E-state index in [1.165, 1.54) is 5.56 Å². The molecule has 0 saturated heterocycles. The van der Waals surface area contributed by atoms with Gasteiger partial charge in [0.15, 0.2) is 0 Å². The molecule has 0 spiro atoms. The molecule has 0 N–H and O–H groups in total. The summed E-state index contributed by atoms with van der Waals surface area (Å²) in [5.74, 6) is 0. The minimum absolute atomic E-state index is 0.506. The van der Waals surface area contributed by atoms with Crippen molar-refractivity contribution in [1.82, 2.24) is 9.55 Å². The lowest BCUT2D eigenvalue weighted by Crippen LogP contribution is -2.22. The van der Waals surface area contributed by atoms with Gasteiger partial charge in [0.1, 0.15) is 12.4 Å². The van der Waals surface area contributed by atoms with E-state index in [0.29, 0.717) is 6.73 Å². The smallest absolute Gasteiger partial charge is 0.143 e. The molecule has 0 saturated carbocycles. The molecule has 3 nitrogen and oxygen atoms in total. The molecule has 0 radical (unpaired) electrons. The maximum Gasteiger partial charge on any atom is 0.143 e. The molecule has 3 aromatic heterocycles. The average molecular weight is 365 g/mol. The van der Waals surface area contributed by atoms with E-state index in [1.807, 2.05) is 6.07 Å². The lowest BCUT2D eigenvalue weighted by Gasteiger charge is -2.16. The van der Waals surface area contributed by atoms with Crippen LogP contribution in [0.5, 0.6) is 0 Å². The zero-order valence-electron chi connectivity index (χ0n) is 13.7. The van der Waals surface area contributed by atoms with Crippen LogP contribution in [0.25, 0.3) is 22.3 Å². The molecule has 3 aromatic rings. The van der Waals surface area contributed by atoms with Crippen molar-refractivity contribution in [3.8, 4) is 11.3 Å². The molecule has 0 fully saturated rings.